The summed E-state index contributed by atoms with van der Waals surface area (Å²) in [5.41, 5.74) is 5.64. The molecule has 0 saturated carbocycles. The lowest BCUT2D eigenvalue weighted by atomic mass is 10.1. The molecule has 96 valence electrons. The Balaban J connectivity index is 2.41. The minimum atomic E-state index is -0.188. The molecule has 0 fully saturated rings. The molecule has 0 aromatic carbocycles. The van der Waals surface area contributed by atoms with Crippen LogP contribution in [0.2, 0.25) is 0 Å². The van der Waals surface area contributed by atoms with Gasteiger partial charge in [0.1, 0.15) is 6.04 Å². The third-order valence-corrected chi connectivity index (χ3v) is 2.86. The monoisotopic (exact) mass is 246 g/mol. The van der Waals surface area contributed by atoms with Gasteiger partial charge in [-0.05, 0) is 19.4 Å². The molecule has 2 aromatic heterocycles. The van der Waals surface area contributed by atoms with Crippen molar-refractivity contribution in [3.05, 3.63) is 41.7 Å². The van der Waals surface area contributed by atoms with Crippen molar-refractivity contribution in [2.45, 2.75) is 32.9 Å². The van der Waals surface area contributed by atoms with Crippen LogP contribution < -0.4 is 11.3 Å². The highest BCUT2D eigenvalue weighted by molar-refractivity contribution is 5.22. The summed E-state index contributed by atoms with van der Waals surface area (Å²) in [6.07, 6.45) is 5.92. The van der Waals surface area contributed by atoms with Crippen molar-refractivity contribution in [1.29, 1.82) is 0 Å². The molecule has 0 amide bonds. The van der Waals surface area contributed by atoms with Gasteiger partial charge < -0.3 is 0 Å². The maximum atomic E-state index is 5.65. The molecule has 0 aliphatic heterocycles. The number of nitrogens with two attached hydrogens (primary N) is 1. The standard InChI is InChI=1S/C12H18N6/c1-3-9-7-11(18(4-2)17-9)12(16-13)10-8-14-5-6-15-10/h5-8,12,16H,3-4,13H2,1-2H3. The van der Waals surface area contributed by atoms with Gasteiger partial charge in [-0.25, -0.2) is 5.43 Å². The number of hydrogen-bond donors (Lipinski definition) is 2. The SMILES string of the molecule is CCc1cc(C(NN)c2cnccn2)n(CC)n1. The normalized spacial score (nSPS) is 12.6. The van der Waals surface area contributed by atoms with E-state index >= 15 is 0 Å². The summed E-state index contributed by atoms with van der Waals surface area (Å²) in [4.78, 5) is 8.36. The maximum absolute atomic E-state index is 5.65. The summed E-state index contributed by atoms with van der Waals surface area (Å²) in [6, 6.07) is 1.87. The number of hydrazine groups is 1. The summed E-state index contributed by atoms with van der Waals surface area (Å²) >= 11 is 0. The number of nitrogens with zero attached hydrogens (tertiary/aromatic N) is 4. The van der Waals surface area contributed by atoms with Crippen LogP contribution in [0.15, 0.2) is 24.7 Å². The minimum absolute atomic E-state index is 0.188. The molecule has 0 saturated heterocycles. The molecular weight excluding hydrogens is 228 g/mol. The molecule has 0 bridgehead atoms. The second kappa shape index (κ2) is 5.70. The van der Waals surface area contributed by atoms with Crippen molar-refractivity contribution in [2.24, 2.45) is 5.84 Å². The molecule has 3 N–H and O–H groups in total. The van der Waals surface area contributed by atoms with Gasteiger partial charge in [0.2, 0.25) is 0 Å². The van der Waals surface area contributed by atoms with E-state index in [1.54, 1.807) is 18.6 Å². The van der Waals surface area contributed by atoms with Crippen LogP contribution in [-0.2, 0) is 13.0 Å². The highest BCUT2D eigenvalue weighted by Gasteiger charge is 2.19. The molecular formula is C12H18N6. The summed E-state index contributed by atoms with van der Waals surface area (Å²) in [5, 5.41) is 4.51. The third-order valence-electron chi connectivity index (χ3n) is 2.86. The quantitative estimate of drug-likeness (QED) is 0.602. The summed E-state index contributed by atoms with van der Waals surface area (Å²) in [5.74, 6) is 5.65. The zero-order valence-corrected chi connectivity index (χ0v) is 10.7. The molecule has 2 rings (SSSR count). The fourth-order valence-corrected chi connectivity index (χ4v) is 1.93. The first kappa shape index (κ1) is 12.7. The van der Waals surface area contributed by atoms with E-state index in [0.717, 1.165) is 30.0 Å². The van der Waals surface area contributed by atoms with Crippen LogP contribution in [-0.4, -0.2) is 19.7 Å². The first-order valence-corrected chi connectivity index (χ1v) is 6.08. The molecule has 0 spiro atoms. The number of aryl methyl sites for hydroxylation is 2. The zero-order chi connectivity index (χ0) is 13.0. The smallest absolute Gasteiger partial charge is 0.106 e. The molecule has 2 aromatic rings. The lowest BCUT2D eigenvalue weighted by molar-refractivity contribution is 0.532. The summed E-state index contributed by atoms with van der Waals surface area (Å²) in [7, 11) is 0. The number of hydrogen-bond acceptors (Lipinski definition) is 5. The van der Waals surface area contributed by atoms with E-state index in [4.69, 9.17) is 5.84 Å². The van der Waals surface area contributed by atoms with Gasteiger partial charge in [-0.2, -0.15) is 5.10 Å². The van der Waals surface area contributed by atoms with E-state index in [1.807, 2.05) is 4.68 Å². The van der Waals surface area contributed by atoms with Gasteiger partial charge >= 0.3 is 0 Å². The summed E-state index contributed by atoms with van der Waals surface area (Å²) < 4.78 is 1.94. The van der Waals surface area contributed by atoms with E-state index in [0.29, 0.717) is 0 Å². The second-order valence-electron chi connectivity index (χ2n) is 3.96. The average Bonchev–Trinajstić information content (AvgIpc) is 2.84. The largest absolute Gasteiger partial charge is 0.270 e. The number of rotatable bonds is 5. The van der Waals surface area contributed by atoms with Gasteiger partial charge in [0, 0.05) is 18.9 Å². The Labute approximate surface area is 106 Å². The second-order valence-corrected chi connectivity index (χ2v) is 3.96. The lowest BCUT2D eigenvalue weighted by Crippen LogP contribution is -2.31. The average molecular weight is 246 g/mol. The lowest BCUT2D eigenvalue weighted by Gasteiger charge is -2.15. The highest BCUT2D eigenvalue weighted by atomic mass is 15.3. The van der Waals surface area contributed by atoms with Gasteiger partial charge in [-0.1, -0.05) is 6.92 Å². The summed E-state index contributed by atoms with van der Waals surface area (Å²) in [6.45, 7) is 4.94. The Hall–Kier alpha value is -1.79. The number of aromatic nitrogens is 4. The first-order valence-electron chi connectivity index (χ1n) is 6.08. The molecule has 2 heterocycles. The van der Waals surface area contributed by atoms with Crippen LogP contribution >= 0.6 is 0 Å². The van der Waals surface area contributed by atoms with Crippen LogP contribution in [0.1, 0.15) is 37.0 Å². The molecule has 6 heteroatoms. The minimum Gasteiger partial charge on any atom is -0.270 e. The van der Waals surface area contributed by atoms with E-state index in [-0.39, 0.29) is 6.04 Å². The van der Waals surface area contributed by atoms with E-state index < -0.39 is 0 Å². The van der Waals surface area contributed by atoms with E-state index in [1.165, 1.54) is 0 Å². The van der Waals surface area contributed by atoms with Crippen molar-refractivity contribution in [3.8, 4) is 0 Å². The molecule has 6 nitrogen and oxygen atoms in total. The van der Waals surface area contributed by atoms with Gasteiger partial charge in [-0.15, -0.1) is 0 Å². The van der Waals surface area contributed by atoms with Crippen LogP contribution in [0.4, 0.5) is 0 Å². The molecule has 18 heavy (non-hydrogen) atoms. The molecule has 1 unspecified atom stereocenters. The first-order chi connectivity index (χ1) is 8.80. The Bertz CT molecular complexity index is 493. The van der Waals surface area contributed by atoms with Crippen molar-refractivity contribution in [1.82, 2.24) is 25.2 Å². The van der Waals surface area contributed by atoms with Gasteiger partial charge in [0.05, 0.1) is 23.3 Å². The van der Waals surface area contributed by atoms with E-state index in [9.17, 15) is 0 Å². The van der Waals surface area contributed by atoms with Crippen molar-refractivity contribution < 1.29 is 0 Å². The predicted molar refractivity (Wildman–Crippen MR) is 68.5 cm³/mol. The number of nitrogens with one attached hydrogen (secondary N) is 1. The van der Waals surface area contributed by atoms with Crippen LogP contribution in [0.5, 0.6) is 0 Å². The Morgan fingerprint density at radius 2 is 2.22 bits per heavy atom. The Morgan fingerprint density at radius 3 is 2.78 bits per heavy atom. The van der Waals surface area contributed by atoms with Gasteiger partial charge in [0.25, 0.3) is 0 Å². The van der Waals surface area contributed by atoms with Crippen LogP contribution in [0.3, 0.4) is 0 Å². The fourth-order valence-electron chi connectivity index (χ4n) is 1.93. The molecule has 1 atom stereocenters. The molecule has 0 aliphatic rings. The van der Waals surface area contributed by atoms with Crippen LogP contribution in [0, 0.1) is 0 Å². The molecule has 0 radical (unpaired) electrons. The maximum Gasteiger partial charge on any atom is 0.106 e. The highest BCUT2D eigenvalue weighted by Crippen LogP contribution is 2.20. The topological polar surface area (TPSA) is 81.6 Å². The zero-order valence-electron chi connectivity index (χ0n) is 10.7. The third kappa shape index (κ3) is 2.39. The van der Waals surface area contributed by atoms with Gasteiger partial charge in [-0.3, -0.25) is 20.5 Å². The van der Waals surface area contributed by atoms with Crippen LogP contribution in [0.25, 0.3) is 0 Å². The van der Waals surface area contributed by atoms with Crippen molar-refractivity contribution in [2.75, 3.05) is 0 Å². The van der Waals surface area contributed by atoms with Crippen molar-refractivity contribution in [3.63, 3.8) is 0 Å². The van der Waals surface area contributed by atoms with E-state index in [2.05, 4.69) is 40.4 Å². The Kier molecular flexibility index (Phi) is 4.01. The fraction of sp³-hybridized carbons (Fsp3) is 0.417. The van der Waals surface area contributed by atoms with Crippen molar-refractivity contribution >= 4 is 0 Å². The van der Waals surface area contributed by atoms with Gasteiger partial charge in [0.15, 0.2) is 0 Å². The molecule has 0 aliphatic carbocycles. The predicted octanol–water partition coefficient (Wildman–Crippen LogP) is 0.808. The Morgan fingerprint density at radius 1 is 1.39 bits per heavy atom.